The number of sulfonamides is 4. The number of thiazole rings is 1. The van der Waals surface area contributed by atoms with Crippen LogP contribution in [0.1, 0.15) is 208 Å². The molecule has 0 saturated heterocycles. The fraction of sp³-hybridized carbons (Fsp3) is 0.361. The zero-order valence-electron chi connectivity index (χ0n) is 81.3. The fourth-order valence-corrected chi connectivity index (χ4v) is 22.0. The largest absolute Gasteiger partial charge is 0.387 e. The van der Waals surface area contributed by atoms with Crippen molar-refractivity contribution in [3.05, 3.63) is 323 Å². The number of imidazole rings is 3. The molecule has 1 saturated carbocycles. The summed E-state index contributed by atoms with van der Waals surface area (Å²) in [5.74, 6) is 3.84. The highest BCUT2D eigenvalue weighted by Gasteiger charge is 2.24. The van der Waals surface area contributed by atoms with Crippen molar-refractivity contribution in [3.8, 4) is 33.8 Å². The Morgan fingerprint density at radius 2 is 0.894 bits per heavy atom. The number of hydrogen-bond donors (Lipinski definition) is 13. The third-order valence-electron chi connectivity index (χ3n) is 25.2. The maximum atomic E-state index is 13.0. The van der Waals surface area contributed by atoms with Gasteiger partial charge in [-0.2, -0.15) is 0 Å². The Kier molecular flexibility index (Phi) is 40.7. The van der Waals surface area contributed by atoms with Gasteiger partial charge in [-0.05, 0) is 233 Å². The van der Waals surface area contributed by atoms with E-state index in [0.717, 1.165) is 171 Å². The lowest BCUT2D eigenvalue weighted by Gasteiger charge is -2.12. The molecule has 0 bridgehead atoms. The smallest absolute Gasteiger partial charge is 0.261 e. The maximum Gasteiger partial charge on any atom is 0.261 e. The molecule has 0 aliphatic heterocycles. The fourth-order valence-electron chi connectivity index (χ4n) is 17.0. The lowest BCUT2D eigenvalue weighted by atomic mass is 10.0. The van der Waals surface area contributed by atoms with Crippen molar-refractivity contribution in [1.29, 1.82) is 0 Å². The number of aryl methyl sites for hydroxylation is 6. The second-order valence-corrected chi connectivity index (χ2v) is 43.7. The second-order valence-electron chi connectivity index (χ2n) is 36.0. The number of para-hydroxylation sites is 1. The topological polar surface area (TPSA) is 434 Å². The average Bonchev–Trinajstić information content (AvgIpc) is 1.53. The lowest BCUT2D eigenvalue weighted by molar-refractivity contribution is 0.174. The van der Waals surface area contributed by atoms with Crippen molar-refractivity contribution in [2.24, 2.45) is 18.1 Å². The number of nitrogens with zero attached hydrogens (tertiary/aromatic N) is 8. The number of nitrogens with two attached hydrogens (primary N) is 1. The monoisotopic (exact) mass is 2020 g/mol. The predicted molar refractivity (Wildman–Crippen MR) is 566 cm³/mol. The van der Waals surface area contributed by atoms with Crippen LogP contribution < -0.4 is 40.6 Å². The molecular formula is C108H134N18O11S5. The molecule has 0 spiro atoms. The van der Waals surface area contributed by atoms with E-state index < -0.39 is 58.4 Å². The van der Waals surface area contributed by atoms with Crippen LogP contribution in [0.25, 0.3) is 33.8 Å². The van der Waals surface area contributed by atoms with Gasteiger partial charge in [0.1, 0.15) is 22.4 Å². The zero-order valence-corrected chi connectivity index (χ0v) is 85.4. The van der Waals surface area contributed by atoms with E-state index in [1.807, 2.05) is 99.0 Å². The molecule has 2 aliphatic carbocycles. The number of anilines is 5. The van der Waals surface area contributed by atoms with Crippen molar-refractivity contribution in [1.82, 2.24) is 65.4 Å². The summed E-state index contributed by atoms with van der Waals surface area (Å²) in [6, 6.07) is 60.3. The molecule has 2 aliphatic rings. The van der Waals surface area contributed by atoms with Crippen LogP contribution in [0.3, 0.4) is 0 Å². The van der Waals surface area contributed by atoms with Crippen LogP contribution in [0.2, 0.25) is 0 Å². The zero-order chi connectivity index (χ0) is 100. The molecule has 3 unspecified atom stereocenters. The molecule has 142 heavy (non-hydrogen) atoms. The number of nitrogens with one attached hydrogen (secondary N) is 9. The molecule has 7 aromatic heterocycles. The summed E-state index contributed by atoms with van der Waals surface area (Å²) in [7, 11) is -12.9. The van der Waals surface area contributed by atoms with Gasteiger partial charge in [0.05, 0.1) is 79.5 Å². The summed E-state index contributed by atoms with van der Waals surface area (Å²) in [6.45, 7) is 9.77. The molecular weight excluding hydrogens is 1890 g/mol. The number of pyridine rings is 3. The van der Waals surface area contributed by atoms with Gasteiger partial charge in [-0.25, -0.2) is 58.7 Å². The van der Waals surface area contributed by atoms with Crippen LogP contribution in [0, 0.1) is 12.8 Å². The Balaban J connectivity index is 0.000000163. The highest BCUT2D eigenvalue weighted by Crippen LogP contribution is 2.36. The molecule has 29 nitrogen and oxygen atoms in total. The number of benzene rings is 7. The van der Waals surface area contributed by atoms with E-state index in [1.165, 1.54) is 107 Å². The highest BCUT2D eigenvalue weighted by atomic mass is 32.2. The van der Waals surface area contributed by atoms with E-state index in [4.69, 9.17) is 10.1 Å². The normalized spacial score (nSPS) is 13.4. The van der Waals surface area contributed by atoms with Gasteiger partial charge in [-0.1, -0.05) is 194 Å². The standard InChI is InChI=1S/C33H43N5O3S.C32H39N5O3S.C30H37N5O3S.C13H15N3O2S2/c1-3-4-5-6-7-8-11-32-36-25(2)33(37-32)27-14-18-30(19-15-27)42(40,41)38-29-16-12-26(13-17-29)20-22-35-24-31(39)28-10-9-21-34-23-28;1-37-30(22-35-32(37)17-10-24-5-2-3-6-24)26-11-15-29(16-12-26)41(39,40)36-28-13-8-25(9-14-28)18-20-34-23-31(38)27-7-4-19-33-21-27;1-2-3-4-5-8-30-33-21-28(34-30)24-11-15-27(16-12-24)39(37,38)35-26-13-9-23(10-14-26)17-19-32-22-29(36)25-7-6-18-31-20-25;14-20(17,18)12-8-4-2-6-10(12)16-13-15-9-5-1-3-7-11(9)19-13/h9-10,12-19,21,23,31,35,38-39H,3-8,11,20,22,24H2,1-2H3,(H,36,37);4,7-9,11-16,19,21-22,24,31,34,36,38H,2-3,5-6,10,17-18,20,23H2,1H3;6-7,9-16,18,20-21,29,32,35-36H,2-5,8,17,19,22H2,1H3,(H,33,34);2,4,6,8H,1,3,5,7H2,(H,15,16)(H2,14,17,18). The minimum absolute atomic E-state index is 0.0909. The number of aromatic amines is 2. The molecule has 7 aromatic carbocycles. The first-order valence-corrected chi connectivity index (χ1v) is 56.0. The van der Waals surface area contributed by atoms with Crippen LogP contribution in [0.4, 0.5) is 27.9 Å². The van der Waals surface area contributed by atoms with Crippen molar-refractivity contribution >= 4 is 79.3 Å². The molecule has 1 fully saturated rings. The van der Waals surface area contributed by atoms with Crippen LogP contribution in [-0.4, -0.2) is 138 Å². The summed E-state index contributed by atoms with van der Waals surface area (Å²) in [5, 5.41) is 49.4. The predicted octanol–water partition coefficient (Wildman–Crippen LogP) is 19.3. The highest BCUT2D eigenvalue weighted by molar-refractivity contribution is 7.93. The first kappa shape index (κ1) is 107. The summed E-state index contributed by atoms with van der Waals surface area (Å²) < 4.78 is 111. The number of unbranched alkanes of at least 4 members (excludes halogenated alkanes) is 8. The number of rotatable bonds is 48. The summed E-state index contributed by atoms with van der Waals surface area (Å²) in [6.07, 6.45) is 40.1. The Labute approximate surface area is 840 Å². The van der Waals surface area contributed by atoms with Gasteiger partial charge >= 0.3 is 0 Å². The Morgan fingerprint density at radius 3 is 1.36 bits per heavy atom. The number of fused-ring (bicyclic) bond motifs is 1. The molecule has 3 atom stereocenters. The SMILES string of the molecule is CCCCCCCCc1nc(C)c(-c2ccc(S(=O)(=O)Nc3ccc(CCNCC(O)c4cccnc4)cc3)cc2)[nH]1.CCCCCCc1ncc(-c2ccc(S(=O)(=O)Nc3ccc(CCNCC(O)c4cccnc4)cc3)cc2)[nH]1.Cn1c(-c2ccc(S(=O)(=O)Nc3ccc(CCNCC(O)c4cccnc4)cc3)cc2)cnc1CCC1CCCC1.NS(=O)(=O)c1ccccc1Nc1nc2c(s1)CCCC2. The molecule has 7 heterocycles. The summed E-state index contributed by atoms with van der Waals surface area (Å²) in [4.78, 5) is 39.2. The minimum Gasteiger partial charge on any atom is -0.387 e. The van der Waals surface area contributed by atoms with E-state index in [9.17, 15) is 49.0 Å². The minimum atomic E-state index is -3.74. The van der Waals surface area contributed by atoms with Gasteiger partial charge in [0.15, 0.2) is 5.13 Å². The first-order chi connectivity index (χ1) is 68.7. The number of aliphatic hydroxyl groups excluding tert-OH is 3. The average molecular weight is 2020 g/mol. The van der Waals surface area contributed by atoms with Crippen molar-refractivity contribution in [2.75, 3.05) is 58.8 Å². The van der Waals surface area contributed by atoms with Gasteiger partial charge in [-0.15, -0.1) is 11.3 Å². The molecule has 0 radical (unpaired) electrons. The third kappa shape index (κ3) is 33.0. The number of H-pyrrole nitrogens is 2. The Bertz CT molecular complexity index is 6660. The molecule has 34 heteroatoms. The summed E-state index contributed by atoms with van der Waals surface area (Å²) in [5.41, 5.74) is 15.1. The van der Waals surface area contributed by atoms with Crippen LogP contribution >= 0.6 is 11.3 Å². The second kappa shape index (κ2) is 53.9. The molecule has 0 amide bonds. The molecule has 14 N–H and O–H groups in total. The van der Waals surface area contributed by atoms with E-state index in [2.05, 4.69) is 93.7 Å². The van der Waals surface area contributed by atoms with E-state index in [0.29, 0.717) is 62.0 Å². The van der Waals surface area contributed by atoms with E-state index in [1.54, 1.807) is 176 Å². The number of aliphatic hydroxyl groups is 3. The lowest BCUT2D eigenvalue weighted by Crippen LogP contribution is -2.23. The number of aromatic nitrogens is 10. The number of primary sulfonamides is 1. The van der Waals surface area contributed by atoms with Gasteiger partial charge in [0, 0.05) is 122 Å². The Hall–Kier alpha value is -12.0. The van der Waals surface area contributed by atoms with Gasteiger partial charge in [0.25, 0.3) is 30.1 Å². The van der Waals surface area contributed by atoms with Gasteiger partial charge in [0.2, 0.25) is 10.0 Å². The van der Waals surface area contributed by atoms with Crippen molar-refractivity contribution < 1.29 is 49.0 Å². The first-order valence-electron chi connectivity index (χ1n) is 49.2. The molecule has 752 valence electrons. The van der Waals surface area contributed by atoms with Gasteiger partial charge < -0.3 is 51.1 Å². The van der Waals surface area contributed by atoms with E-state index in [-0.39, 0.29) is 19.6 Å². The third-order valence-corrected chi connectivity index (χ3v) is 31.4. The Morgan fingerprint density at radius 1 is 0.451 bits per heavy atom. The van der Waals surface area contributed by atoms with Crippen molar-refractivity contribution in [3.63, 3.8) is 0 Å². The molecule has 16 rings (SSSR count). The van der Waals surface area contributed by atoms with Crippen molar-refractivity contribution in [2.45, 2.75) is 219 Å². The quantitative estimate of drug-likeness (QED) is 0.0158. The van der Waals surface area contributed by atoms with Crippen LogP contribution in [-0.2, 0) is 98.5 Å². The summed E-state index contributed by atoms with van der Waals surface area (Å²) >= 11 is 1.59. The van der Waals surface area contributed by atoms with Crippen LogP contribution in [0.5, 0.6) is 0 Å². The van der Waals surface area contributed by atoms with E-state index >= 15 is 0 Å². The van der Waals surface area contributed by atoms with Crippen LogP contribution in [0.15, 0.2) is 275 Å². The van der Waals surface area contributed by atoms with Gasteiger partial charge in [-0.3, -0.25) is 29.1 Å². The molecule has 14 aromatic rings. The number of hydrogen-bond acceptors (Lipinski definition) is 23. The maximum absolute atomic E-state index is 13.0.